The number of amides is 1. The summed E-state index contributed by atoms with van der Waals surface area (Å²) in [6.07, 6.45) is 0.480. The third-order valence-corrected chi connectivity index (χ3v) is 5.34. The number of carbonyl (C=O) groups is 1. The number of hydrogen-bond donors (Lipinski definition) is 0. The zero-order chi connectivity index (χ0) is 16.7. The summed E-state index contributed by atoms with van der Waals surface area (Å²) in [4.78, 5) is 14.9. The van der Waals surface area contributed by atoms with Crippen LogP contribution in [0.25, 0.3) is 5.57 Å². The van der Waals surface area contributed by atoms with E-state index in [-0.39, 0.29) is 11.8 Å². The first-order valence-electron chi connectivity index (χ1n) is 8.17. The molecule has 1 saturated heterocycles. The molecule has 2 atom stereocenters. The van der Waals surface area contributed by atoms with Crippen LogP contribution in [0, 0.1) is 22.7 Å². The van der Waals surface area contributed by atoms with Gasteiger partial charge in [-0.25, -0.2) is 0 Å². The van der Waals surface area contributed by atoms with Gasteiger partial charge in [-0.05, 0) is 22.3 Å². The Hall–Kier alpha value is -2.86. The number of hydrogen-bond acceptors (Lipinski definition) is 2. The minimum atomic E-state index is -1.000. The second-order valence-corrected chi connectivity index (χ2v) is 6.67. The molecule has 2 aliphatic rings. The summed E-state index contributed by atoms with van der Waals surface area (Å²) in [5.74, 6) is -0.192. The van der Waals surface area contributed by atoms with Gasteiger partial charge >= 0.3 is 0 Å². The Morgan fingerprint density at radius 2 is 1.88 bits per heavy atom. The van der Waals surface area contributed by atoms with Gasteiger partial charge in [-0.15, -0.1) is 0 Å². The summed E-state index contributed by atoms with van der Waals surface area (Å²) in [5, 5.41) is 9.91. The molecule has 0 radical (unpaired) electrons. The van der Waals surface area contributed by atoms with E-state index in [2.05, 4.69) is 12.6 Å². The lowest BCUT2D eigenvalue weighted by molar-refractivity contribution is -0.134. The van der Waals surface area contributed by atoms with Gasteiger partial charge in [-0.1, -0.05) is 61.2 Å². The molecule has 1 fully saturated rings. The Bertz CT molecular complexity index is 865. The van der Waals surface area contributed by atoms with Gasteiger partial charge in [0.1, 0.15) is 5.41 Å². The Morgan fingerprint density at radius 3 is 2.62 bits per heavy atom. The third kappa shape index (κ3) is 2.00. The number of nitriles is 1. The normalized spacial score (nSPS) is 25.1. The van der Waals surface area contributed by atoms with Gasteiger partial charge in [-0.2, -0.15) is 5.26 Å². The molecule has 0 bridgehead atoms. The van der Waals surface area contributed by atoms with E-state index in [1.165, 1.54) is 0 Å². The van der Waals surface area contributed by atoms with Gasteiger partial charge in [0.25, 0.3) is 0 Å². The van der Waals surface area contributed by atoms with Gasteiger partial charge in [0.15, 0.2) is 0 Å². The van der Waals surface area contributed by atoms with Crippen LogP contribution in [0.15, 0.2) is 61.2 Å². The average molecular weight is 314 g/mol. The van der Waals surface area contributed by atoms with Crippen molar-refractivity contribution < 1.29 is 4.79 Å². The van der Waals surface area contributed by atoms with Gasteiger partial charge in [0.05, 0.1) is 6.07 Å². The largest absolute Gasteiger partial charge is 0.336 e. The number of fused-ring (bicyclic) bond motifs is 2. The third-order valence-electron chi connectivity index (χ3n) is 5.34. The molecule has 3 heteroatoms. The summed E-state index contributed by atoms with van der Waals surface area (Å²) in [5.41, 5.74) is 3.15. The van der Waals surface area contributed by atoms with Gasteiger partial charge in [0.2, 0.25) is 5.91 Å². The zero-order valence-corrected chi connectivity index (χ0v) is 13.4. The van der Waals surface area contributed by atoms with Crippen molar-refractivity contribution in [2.45, 2.75) is 13.0 Å². The van der Waals surface area contributed by atoms with Gasteiger partial charge in [0, 0.05) is 25.4 Å². The van der Waals surface area contributed by atoms with E-state index in [1.807, 2.05) is 59.5 Å². The smallest absolute Gasteiger partial charge is 0.244 e. The summed E-state index contributed by atoms with van der Waals surface area (Å²) < 4.78 is 0. The lowest BCUT2D eigenvalue weighted by atomic mass is 9.65. The molecule has 118 valence electrons. The molecule has 1 amide bonds. The van der Waals surface area contributed by atoms with Gasteiger partial charge < -0.3 is 4.90 Å². The first-order valence-corrected chi connectivity index (χ1v) is 8.17. The van der Waals surface area contributed by atoms with Crippen molar-refractivity contribution >= 4 is 11.5 Å². The Balaban J connectivity index is 1.72. The molecule has 2 aromatic rings. The fourth-order valence-corrected chi connectivity index (χ4v) is 4.08. The van der Waals surface area contributed by atoms with E-state index in [1.54, 1.807) is 0 Å². The van der Waals surface area contributed by atoms with Crippen LogP contribution in [0.2, 0.25) is 0 Å². The zero-order valence-electron chi connectivity index (χ0n) is 13.4. The molecule has 0 aromatic heterocycles. The van der Waals surface area contributed by atoms with Crippen molar-refractivity contribution in [2.24, 2.45) is 11.3 Å². The molecule has 0 unspecified atom stereocenters. The van der Waals surface area contributed by atoms with Crippen LogP contribution in [0.1, 0.15) is 16.7 Å². The topological polar surface area (TPSA) is 44.1 Å². The van der Waals surface area contributed by atoms with Gasteiger partial charge in [-0.3, -0.25) is 4.79 Å². The summed E-state index contributed by atoms with van der Waals surface area (Å²) in [6.45, 7) is 5.35. The Kier molecular flexibility index (Phi) is 3.28. The summed E-state index contributed by atoms with van der Waals surface area (Å²) >= 11 is 0. The lowest BCUT2D eigenvalue weighted by Crippen LogP contribution is -2.39. The highest BCUT2D eigenvalue weighted by molar-refractivity contribution is 5.94. The first kappa shape index (κ1) is 14.7. The number of carbonyl (C=O) groups excluding carboxylic acids is 1. The fraction of sp³-hybridized carbons (Fsp3) is 0.238. The highest BCUT2D eigenvalue weighted by atomic mass is 16.2. The summed E-state index contributed by atoms with van der Waals surface area (Å²) in [6, 6.07) is 20.3. The summed E-state index contributed by atoms with van der Waals surface area (Å²) in [7, 11) is 0. The maximum Gasteiger partial charge on any atom is 0.244 e. The minimum Gasteiger partial charge on any atom is -0.336 e. The van der Waals surface area contributed by atoms with Crippen LogP contribution in [0.4, 0.5) is 0 Å². The molecular weight excluding hydrogens is 296 g/mol. The maximum absolute atomic E-state index is 13.1. The second kappa shape index (κ2) is 5.35. The molecular formula is C21H18N2O. The van der Waals surface area contributed by atoms with Crippen LogP contribution < -0.4 is 0 Å². The van der Waals surface area contributed by atoms with E-state index in [4.69, 9.17) is 0 Å². The molecule has 1 aliphatic carbocycles. The fourth-order valence-electron chi connectivity index (χ4n) is 4.08. The predicted molar refractivity (Wildman–Crippen MR) is 92.6 cm³/mol. The van der Waals surface area contributed by atoms with Crippen molar-refractivity contribution in [2.75, 3.05) is 6.54 Å². The molecule has 4 rings (SSSR count). The second-order valence-electron chi connectivity index (χ2n) is 6.67. The number of nitrogens with zero attached hydrogens (tertiary/aromatic N) is 2. The average Bonchev–Trinajstić information content (AvgIpc) is 2.89. The molecule has 0 N–H and O–H groups in total. The molecule has 24 heavy (non-hydrogen) atoms. The lowest BCUT2D eigenvalue weighted by Gasteiger charge is -2.33. The molecule has 0 saturated carbocycles. The SMILES string of the molecule is C=C1c2ccccc2C[C@@]2(C#N)C(=O)N(Cc3ccccc3)C[C@H]12. The Labute approximate surface area is 141 Å². The highest BCUT2D eigenvalue weighted by Crippen LogP contribution is 2.51. The van der Waals surface area contributed by atoms with Crippen molar-refractivity contribution in [1.29, 1.82) is 5.26 Å². The number of rotatable bonds is 2. The van der Waals surface area contributed by atoms with E-state index >= 15 is 0 Å². The quantitative estimate of drug-likeness (QED) is 0.852. The first-order chi connectivity index (χ1) is 11.7. The van der Waals surface area contributed by atoms with E-state index < -0.39 is 5.41 Å². The van der Waals surface area contributed by atoms with E-state index in [9.17, 15) is 10.1 Å². The standard InChI is InChI=1S/C21H18N2O/c1-15-18-10-6-5-9-17(18)11-21(14-22)19(15)13-23(20(21)24)12-16-7-3-2-4-8-16/h2-10,19H,1,11-13H2/t19-,21+/m1/s1. The van der Waals surface area contributed by atoms with Crippen molar-refractivity contribution in [1.82, 2.24) is 4.90 Å². The van der Waals surface area contributed by atoms with Crippen LogP contribution >= 0.6 is 0 Å². The van der Waals surface area contributed by atoms with Crippen LogP contribution in [0.5, 0.6) is 0 Å². The van der Waals surface area contributed by atoms with Crippen molar-refractivity contribution in [3.63, 3.8) is 0 Å². The number of benzene rings is 2. The molecule has 3 nitrogen and oxygen atoms in total. The Morgan fingerprint density at radius 1 is 1.17 bits per heavy atom. The molecule has 0 spiro atoms. The molecule has 2 aromatic carbocycles. The monoisotopic (exact) mass is 314 g/mol. The predicted octanol–water partition coefficient (Wildman–Crippen LogP) is 3.42. The van der Waals surface area contributed by atoms with Crippen LogP contribution in [0.3, 0.4) is 0 Å². The van der Waals surface area contributed by atoms with Crippen molar-refractivity contribution in [3.05, 3.63) is 77.9 Å². The van der Waals surface area contributed by atoms with E-state index in [0.29, 0.717) is 19.5 Å². The minimum absolute atomic E-state index is 0.0606. The molecule has 1 heterocycles. The van der Waals surface area contributed by atoms with Crippen LogP contribution in [-0.2, 0) is 17.8 Å². The number of likely N-dealkylation sites (tertiary alicyclic amines) is 1. The van der Waals surface area contributed by atoms with E-state index in [0.717, 1.165) is 22.3 Å². The highest BCUT2D eigenvalue weighted by Gasteiger charge is 2.57. The van der Waals surface area contributed by atoms with Crippen molar-refractivity contribution in [3.8, 4) is 6.07 Å². The molecule has 1 aliphatic heterocycles. The maximum atomic E-state index is 13.1. The van der Waals surface area contributed by atoms with Crippen LogP contribution in [-0.4, -0.2) is 17.4 Å².